The molecule has 1 rings (SSSR count). The Balaban J connectivity index is 2.65. The minimum absolute atomic E-state index is 0.290. The second-order valence-corrected chi connectivity index (χ2v) is 4.57. The van der Waals surface area contributed by atoms with Gasteiger partial charge in [0, 0.05) is 18.7 Å². The zero-order valence-electron chi connectivity index (χ0n) is 8.92. The van der Waals surface area contributed by atoms with Crippen LogP contribution >= 0.6 is 0 Å². The highest BCUT2D eigenvalue weighted by atomic mass is 16.5. The van der Waals surface area contributed by atoms with Crippen LogP contribution in [0.25, 0.3) is 0 Å². The second-order valence-electron chi connectivity index (χ2n) is 4.57. The fraction of sp³-hybridized carbons (Fsp3) is 1.00. The van der Waals surface area contributed by atoms with E-state index in [2.05, 4.69) is 32.7 Å². The summed E-state index contributed by atoms with van der Waals surface area (Å²) in [5.74, 6) is 0. The minimum Gasteiger partial charge on any atom is -0.381 e. The van der Waals surface area contributed by atoms with E-state index in [1.807, 2.05) is 7.11 Å². The number of methoxy groups -OCH3 is 1. The highest BCUT2D eigenvalue weighted by Gasteiger charge is 2.36. The lowest BCUT2D eigenvalue weighted by atomic mass is 9.85. The molecule has 12 heavy (non-hydrogen) atoms. The summed E-state index contributed by atoms with van der Waals surface area (Å²) < 4.78 is 5.42. The van der Waals surface area contributed by atoms with Gasteiger partial charge in [0.05, 0.1) is 6.10 Å². The van der Waals surface area contributed by atoms with Crippen LogP contribution in [-0.4, -0.2) is 36.7 Å². The van der Waals surface area contributed by atoms with Crippen molar-refractivity contribution < 1.29 is 4.74 Å². The molecule has 0 aromatic rings. The van der Waals surface area contributed by atoms with Crippen LogP contribution in [0.1, 0.15) is 33.6 Å². The van der Waals surface area contributed by atoms with Gasteiger partial charge < -0.3 is 4.74 Å². The summed E-state index contributed by atoms with van der Waals surface area (Å²) in [6.45, 7) is 6.84. The molecule has 2 nitrogen and oxygen atoms in total. The summed E-state index contributed by atoms with van der Waals surface area (Å²) in [5, 5.41) is 0. The van der Waals surface area contributed by atoms with Gasteiger partial charge >= 0.3 is 0 Å². The summed E-state index contributed by atoms with van der Waals surface area (Å²) in [5.41, 5.74) is 0.290. The van der Waals surface area contributed by atoms with Crippen LogP contribution in [0.15, 0.2) is 0 Å². The second kappa shape index (κ2) is 3.35. The van der Waals surface area contributed by atoms with Gasteiger partial charge in [0.25, 0.3) is 0 Å². The van der Waals surface area contributed by atoms with E-state index < -0.39 is 0 Å². The van der Waals surface area contributed by atoms with Crippen LogP contribution in [0.3, 0.4) is 0 Å². The number of likely N-dealkylation sites (tertiary alicyclic amines) is 1. The Labute approximate surface area is 75.9 Å². The number of rotatable bonds is 1. The molecule has 1 aliphatic rings. The number of ether oxygens (including phenoxy) is 1. The van der Waals surface area contributed by atoms with Crippen molar-refractivity contribution in [2.24, 2.45) is 0 Å². The monoisotopic (exact) mass is 171 g/mol. The lowest BCUT2D eigenvalue weighted by molar-refractivity contribution is -0.0392. The number of piperidine rings is 1. The van der Waals surface area contributed by atoms with Crippen LogP contribution in [0.4, 0.5) is 0 Å². The molecule has 1 aliphatic heterocycles. The van der Waals surface area contributed by atoms with Gasteiger partial charge in [-0.25, -0.2) is 0 Å². The number of nitrogens with zero attached hydrogens (tertiary/aromatic N) is 1. The average molecular weight is 171 g/mol. The Bertz CT molecular complexity index is 156. The SMILES string of the molecule is COC1CC(C)N(C)C(C)(C)C1. The van der Waals surface area contributed by atoms with Crippen molar-refractivity contribution in [2.45, 2.75) is 51.3 Å². The van der Waals surface area contributed by atoms with E-state index in [4.69, 9.17) is 4.74 Å². The van der Waals surface area contributed by atoms with Gasteiger partial charge in [0.1, 0.15) is 0 Å². The first kappa shape index (κ1) is 10.0. The number of hydrogen-bond donors (Lipinski definition) is 0. The van der Waals surface area contributed by atoms with Crippen LogP contribution in [0, 0.1) is 0 Å². The van der Waals surface area contributed by atoms with E-state index >= 15 is 0 Å². The van der Waals surface area contributed by atoms with Gasteiger partial charge in [-0.2, -0.15) is 0 Å². The first-order valence-corrected chi connectivity index (χ1v) is 4.73. The highest BCUT2D eigenvalue weighted by molar-refractivity contribution is 4.91. The summed E-state index contributed by atoms with van der Waals surface area (Å²) in [7, 11) is 4.02. The van der Waals surface area contributed by atoms with E-state index in [-0.39, 0.29) is 0 Å². The molecule has 0 bridgehead atoms. The maximum absolute atomic E-state index is 5.42. The van der Waals surface area contributed by atoms with Gasteiger partial charge in [0.2, 0.25) is 0 Å². The zero-order chi connectivity index (χ0) is 9.35. The molecule has 1 fully saturated rings. The molecule has 0 aromatic carbocycles. The fourth-order valence-corrected chi connectivity index (χ4v) is 2.10. The first-order valence-electron chi connectivity index (χ1n) is 4.73. The molecule has 0 aliphatic carbocycles. The van der Waals surface area contributed by atoms with Crippen molar-refractivity contribution in [1.29, 1.82) is 0 Å². The zero-order valence-corrected chi connectivity index (χ0v) is 8.92. The smallest absolute Gasteiger partial charge is 0.0603 e. The molecule has 72 valence electrons. The van der Waals surface area contributed by atoms with Crippen LogP contribution in [-0.2, 0) is 4.74 Å². The maximum Gasteiger partial charge on any atom is 0.0603 e. The highest BCUT2D eigenvalue weighted by Crippen LogP contribution is 2.31. The summed E-state index contributed by atoms with van der Waals surface area (Å²) in [6.07, 6.45) is 2.76. The van der Waals surface area contributed by atoms with E-state index in [1.165, 1.54) is 0 Å². The first-order chi connectivity index (χ1) is 5.47. The topological polar surface area (TPSA) is 12.5 Å². The quantitative estimate of drug-likeness (QED) is 0.597. The molecular formula is C10H21NO. The molecule has 0 spiro atoms. The molecule has 0 saturated carbocycles. The lowest BCUT2D eigenvalue weighted by Gasteiger charge is -2.47. The van der Waals surface area contributed by atoms with Crippen molar-refractivity contribution in [2.75, 3.05) is 14.2 Å². The Morgan fingerprint density at radius 2 is 2.00 bits per heavy atom. The average Bonchev–Trinajstić information content (AvgIpc) is 1.99. The molecule has 1 saturated heterocycles. The summed E-state index contributed by atoms with van der Waals surface area (Å²) in [4.78, 5) is 2.45. The fourth-order valence-electron chi connectivity index (χ4n) is 2.10. The predicted octanol–water partition coefficient (Wildman–Crippen LogP) is 1.89. The van der Waals surface area contributed by atoms with Gasteiger partial charge in [-0.05, 0) is 40.7 Å². The predicted molar refractivity (Wildman–Crippen MR) is 51.3 cm³/mol. The largest absolute Gasteiger partial charge is 0.381 e. The van der Waals surface area contributed by atoms with Crippen molar-refractivity contribution >= 4 is 0 Å². The summed E-state index contributed by atoms with van der Waals surface area (Å²) >= 11 is 0. The Morgan fingerprint density at radius 3 is 2.42 bits per heavy atom. The third-order valence-electron chi connectivity index (χ3n) is 3.28. The molecular weight excluding hydrogens is 150 g/mol. The van der Waals surface area contributed by atoms with Crippen molar-refractivity contribution in [3.05, 3.63) is 0 Å². The molecule has 0 radical (unpaired) electrons. The normalized spacial score (nSPS) is 36.8. The van der Waals surface area contributed by atoms with Gasteiger partial charge in [-0.1, -0.05) is 0 Å². The number of hydrogen-bond acceptors (Lipinski definition) is 2. The third-order valence-corrected chi connectivity index (χ3v) is 3.28. The molecule has 2 unspecified atom stereocenters. The Kier molecular flexibility index (Phi) is 2.79. The van der Waals surface area contributed by atoms with Gasteiger partial charge in [0.15, 0.2) is 0 Å². The Hall–Kier alpha value is -0.0800. The molecule has 0 N–H and O–H groups in total. The van der Waals surface area contributed by atoms with Crippen molar-refractivity contribution in [1.82, 2.24) is 4.90 Å². The Morgan fingerprint density at radius 1 is 1.42 bits per heavy atom. The van der Waals surface area contributed by atoms with Crippen molar-refractivity contribution in [3.8, 4) is 0 Å². The van der Waals surface area contributed by atoms with E-state index in [0.29, 0.717) is 17.7 Å². The van der Waals surface area contributed by atoms with E-state index in [1.54, 1.807) is 0 Å². The lowest BCUT2D eigenvalue weighted by Crippen LogP contribution is -2.53. The van der Waals surface area contributed by atoms with E-state index in [0.717, 1.165) is 12.8 Å². The van der Waals surface area contributed by atoms with E-state index in [9.17, 15) is 0 Å². The standard InChI is InChI=1S/C10H21NO/c1-8-6-9(12-5)7-10(2,3)11(8)4/h8-9H,6-7H2,1-5H3. The summed E-state index contributed by atoms with van der Waals surface area (Å²) in [6, 6.07) is 0.638. The van der Waals surface area contributed by atoms with Crippen molar-refractivity contribution in [3.63, 3.8) is 0 Å². The van der Waals surface area contributed by atoms with Crippen LogP contribution in [0.2, 0.25) is 0 Å². The van der Waals surface area contributed by atoms with Gasteiger partial charge in [-0.3, -0.25) is 4.90 Å². The molecule has 2 atom stereocenters. The molecule has 2 heteroatoms. The molecule has 0 amide bonds. The third kappa shape index (κ3) is 1.80. The molecule has 0 aromatic heterocycles. The maximum atomic E-state index is 5.42. The molecule has 1 heterocycles. The van der Waals surface area contributed by atoms with Crippen LogP contribution in [0.5, 0.6) is 0 Å². The van der Waals surface area contributed by atoms with Crippen LogP contribution < -0.4 is 0 Å². The minimum atomic E-state index is 0.290. The van der Waals surface area contributed by atoms with Gasteiger partial charge in [-0.15, -0.1) is 0 Å².